The summed E-state index contributed by atoms with van der Waals surface area (Å²) >= 11 is 0. The van der Waals surface area contributed by atoms with Crippen LogP contribution in [0.25, 0.3) is 0 Å². The molecule has 0 radical (unpaired) electrons. The number of aliphatic hydroxyl groups excluding tert-OH is 2. The topological polar surface area (TPSA) is 200 Å². The fraction of sp³-hybridized carbons (Fsp3) is 0.463. The van der Waals surface area contributed by atoms with Gasteiger partial charge in [0.25, 0.3) is 11.8 Å². The third-order valence-corrected chi connectivity index (χ3v) is 18.6. The number of Topliss-reactive ketones (excluding diaryl/α,β-unsaturated/α-hetero) is 1. The molecule has 10 rings (SSSR count). The van der Waals surface area contributed by atoms with Gasteiger partial charge in [0.15, 0.2) is 11.9 Å². The molecule has 0 saturated carbocycles. The first-order valence-electron chi connectivity index (χ1n) is 29.9. The Morgan fingerprint density at radius 2 is 0.821 bits per heavy atom. The molecule has 4 fully saturated rings. The van der Waals surface area contributed by atoms with Crippen LogP contribution in [0.4, 0.5) is 11.4 Å². The summed E-state index contributed by atoms with van der Waals surface area (Å²) in [5.74, 6) is -1.42. The molecule has 6 aromatic rings. The third kappa shape index (κ3) is 14.2. The van der Waals surface area contributed by atoms with E-state index in [4.69, 9.17) is 0 Å². The molecule has 2 aromatic heterocycles. The maximum atomic E-state index is 13.3. The van der Waals surface area contributed by atoms with E-state index < -0.39 is 18.2 Å². The zero-order chi connectivity index (χ0) is 59.7. The number of carboxylic acid groups (broad SMARTS) is 1. The van der Waals surface area contributed by atoms with E-state index in [9.17, 15) is 34.5 Å². The number of carboxylic acids is 1. The predicted molar refractivity (Wildman–Crippen MR) is 326 cm³/mol. The van der Waals surface area contributed by atoms with Crippen LogP contribution in [0.5, 0.6) is 0 Å². The lowest BCUT2D eigenvalue weighted by Gasteiger charge is -2.50. The van der Waals surface area contributed by atoms with Crippen LogP contribution in [0, 0.1) is 27.7 Å². The maximum absolute atomic E-state index is 13.3. The highest BCUT2D eigenvalue weighted by Gasteiger charge is 2.42. The lowest BCUT2D eigenvalue weighted by atomic mass is 9.85. The molecule has 444 valence electrons. The monoisotopic (exact) mass is 1140 g/mol. The second kappa shape index (κ2) is 27.1. The summed E-state index contributed by atoms with van der Waals surface area (Å²) < 4.78 is 0. The van der Waals surface area contributed by atoms with Gasteiger partial charge in [0.2, 0.25) is 0 Å². The number of benzene rings is 4. The number of anilines is 2. The van der Waals surface area contributed by atoms with Crippen molar-refractivity contribution in [1.29, 1.82) is 0 Å². The van der Waals surface area contributed by atoms with Gasteiger partial charge in [-0.15, -0.1) is 0 Å². The molecule has 0 aliphatic carbocycles. The average molecular weight is 1140 g/mol. The van der Waals surface area contributed by atoms with Crippen LogP contribution < -0.4 is 9.80 Å². The van der Waals surface area contributed by atoms with Crippen molar-refractivity contribution in [1.82, 2.24) is 39.5 Å². The second-order valence-electron chi connectivity index (χ2n) is 24.0. The summed E-state index contributed by atoms with van der Waals surface area (Å²) in [5.41, 5.74) is 9.93. The van der Waals surface area contributed by atoms with Crippen molar-refractivity contribution in [2.24, 2.45) is 0 Å². The molecule has 4 saturated heterocycles. The average Bonchev–Trinajstić information content (AvgIpc) is 3.70. The SMILES string of the molecule is CC(=O)[C@@H](O)c1ccc(N(Cc2ccccc2)C2CCN(C3(C)CCN(C(=O)c4c(C)ncnc4C)CC3)CC2)cc1.Cc1ncnc(C)c1C(=O)N1CCC(C)(N2CCC(N(Cc3ccccc3)c3ccc([C@H](O)C(=O)O)cc3)CC2)CC1. The molecule has 0 bridgehead atoms. The number of carbonyl (C=O) groups excluding carboxylic acids is 3. The number of nitrogens with zero attached hydrogens (tertiary/aromatic N) is 10. The number of hydrogen-bond donors (Lipinski definition) is 3. The smallest absolute Gasteiger partial charge is 0.337 e. The molecule has 2 atom stereocenters. The van der Waals surface area contributed by atoms with E-state index >= 15 is 0 Å². The molecule has 3 N–H and O–H groups in total. The van der Waals surface area contributed by atoms with E-state index in [1.807, 2.05) is 98.2 Å². The van der Waals surface area contributed by atoms with E-state index in [1.54, 1.807) is 12.1 Å². The number of aliphatic hydroxyl groups is 2. The minimum atomic E-state index is -1.53. The van der Waals surface area contributed by atoms with Gasteiger partial charge in [-0.1, -0.05) is 84.9 Å². The lowest BCUT2D eigenvalue weighted by Crippen LogP contribution is -2.58. The van der Waals surface area contributed by atoms with Gasteiger partial charge in [-0.25, -0.2) is 24.7 Å². The number of rotatable bonds is 16. The quantitative estimate of drug-likeness (QED) is 0.0828. The Labute approximate surface area is 495 Å². The molecule has 4 aromatic carbocycles. The first-order chi connectivity index (χ1) is 40.3. The number of aromatic nitrogens is 4. The lowest BCUT2D eigenvalue weighted by molar-refractivity contribution is -0.147. The number of ketones is 1. The van der Waals surface area contributed by atoms with E-state index in [0.29, 0.717) is 34.3 Å². The van der Waals surface area contributed by atoms with Gasteiger partial charge in [0.1, 0.15) is 18.8 Å². The van der Waals surface area contributed by atoms with Gasteiger partial charge in [-0.05, 0) is 146 Å². The minimum absolute atomic E-state index is 0.0322. The molecular formula is C67H84N10O7. The van der Waals surface area contributed by atoms with Gasteiger partial charge in [-0.3, -0.25) is 24.2 Å². The number of carbonyl (C=O) groups is 4. The van der Waals surface area contributed by atoms with Crippen molar-refractivity contribution in [3.8, 4) is 0 Å². The Kier molecular flexibility index (Phi) is 19.7. The molecule has 17 nitrogen and oxygen atoms in total. The first kappa shape index (κ1) is 61.1. The van der Waals surface area contributed by atoms with Crippen LogP contribution in [0.2, 0.25) is 0 Å². The minimum Gasteiger partial charge on any atom is -0.479 e. The van der Waals surface area contributed by atoms with Crippen LogP contribution in [-0.4, -0.2) is 154 Å². The number of aryl methyl sites for hydroxylation is 4. The zero-order valence-corrected chi connectivity index (χ0v) is 50.0. The molecule has 0 spiro atoms. The van der Waals surface area contributed by atoms with Gasteiger partial charge < -0.3 is 34.9 Å². The highest BCUT2D eigenvalue weighted by molar-refractivity contribution is 5.97. The van der Waals surface area contributed by atoms with Gasteiger partial charge in [0.05, 0.1) is 33.9 Å². The standard InChI is InChI=1S/C34H43N5O3.C33H41N5O4/c1-24-31(25(2)36-23-35-24)33(42)37-20-16-34(4,17-21-37)38-18-14-30(15-19-38)39(22-27-8-6-5-7-9-27)29-12-10-28(11-13-29)32(41)26(3)40;1-23-29(24(2)35-22-34-23)31(40)36-19-15-33(3,16-20-36)37-17-13-28(14-18-37)38(21-25-7-5-4-6-8-25)27-11-9-26(10-12-27)30(39)32(41)42/h5-13,23,30,32,41H,14-22H2,1-4H3;4-12,22,28,30,39H,13-21H2,1-3H3,(H,41,42)/t32-;30-/m10/s1. The van der Waals surface area contributed by atoms with Crippen molar-refractivity contribution in [2.75, 3.05) is 62.2 Å². The molecule has 2 amide bonds. The normalized spacial score (nSPS) is 18.4. The van der Waals surface area contributed by atoms with Gasteiger partial charge in [0, 0.05) is 100.0 Å². The van der Waals surface area contributed by atoms with E-state index in [0.717, 1.165) is 151 Å². The molecule has 6 heterocycles. The molecule has 0 unspecified atom stereocenters. The molecule has 4 aliphatic rings. The summed E-state index contributed by atoms with van der Waals surface area (Å²) in [5, 5.41) is 29.4. The number of piperidine rings is 4. The fourth-order valence-electron chi connectivity index (χ4n) is 13.1. The van der Waals surface area contributed by atoms with Crippen LogP contribution in [0.15, 0.2) is 122 Å². The fourth-order valence-corrected chi connectivity index (χ4v) is 13.1. The molecular weight excluding hydrogens is 1060 g/mol. The predicted octanol–water partition coefficient (Wildman–Crippen LogP) is 9.26. The van der Waals surface area contributed by atoms with Crippen LogP contribution in [0.3, 0.4) is 0 Å². The third-order valence-electron chi connectivity index (χ3n) is 18.6. The Morgan fingerprint density at radius 3 is 1.13 bits per heavy atom. The Balaban J connectivity index is 0.000000202. The van der Waals surface area contributed by atoms with E-state index in [-0.39, 0.29) is 28.7 Å². The van der Waals surface area contributed by atoms with Gasteiger partial charge >= 0.3 is 5.97 Å². The molecule has 84 heavy (non-hydrogen) atoms. The van der Waals surface area contributed by atoms with Crippen LogP contribution in [0.1, 0.15) is 150 Å². The summed E-state index contributed by atoms with van der Waals surface area (Å²) in [6, 6.07) is 36.7. The maximum Gasteiger partial charge on any atom is 0.337 e. The van der Waals surface area contributed by atoms with Crippen LogP contribution >= 0.6 is 0 Å². The van der Waals surface area contributed by atoms with Crippen molar-refractivity contribution in [3.05, 3.63) is 178 Å². The summed E-state index contributed by atoms with van der Waals surface area (Å²) in [6.07, 6.45) is 8.27. The van der Waals surface area contributed by atoms with Gasteiger partial charge in [-0.2, -0.15) is 0 Å². The van der Waals surface area contributed by atoms with E-state index in [1.165, 1.54) is 30.7 Å². The van der Waals surface area contributed by atoms with Crippen molar-refractivity contribution < 1.29 is 34.5 Å². The number of likely N-dealkylation sites (tertiary alicyclic amines) is 4. The zero-order valence-electron chi connectivity index (χ0n) is 50.0. The van der Waals surface area contributed by atoms with E-state index in [2.05, 4.69) is 89.8 Å². The molecule has 4 aliphatic heterocycles. The Bertz CT molecular complexity index is 2930. The second-order valence-corrected chi connectivity index (χ2v) is 24.0. The number of hydrogen-bond acceptors (Lipinski definition) is 14. The Morgan fingerprint density at radius 1 is 0.500 bits per heavy atom. The number of aliphatic carboxylic acids is 1. The Hall–Kier alpha value is -7.44. The van der Waals surface area contributed by atoms with Crippen molar-refractivity contribution in [3.63, 3.8) is 0 Å². The summed E-state index contributed by atoms with van der Waals surface area (Å²) in [4.78, 5) is 80.6. The first-order valence-corrected chi connectivity index (χ1v) is 29.9. The highest BCUT2D eigenvalue weighted by atomic mass is 16.4. The highest BCUT2D eigenvalue weighted by Crippen LogP contribution is 2.37. The number of amides is 2. The van der Waals surface area contributed by atoms with Crippen molar-refractivity contribution >= 4 is 34.9 Å². The largest absolute Gasteiger partial charge is 0.479 e. The van der Waals surface area contributed by atoms with Crippen LogP contribution in [-0.2, 0) is 22.7 Å². The summed E-state index contributed by atoms with van der Waals surface area (Å²) in [7, 11) is 0. The van der Waals surface area contributed by atoms with Crippen molar-refractivity contribution in [2.45, 2.75) is 148 Å². The molecule has 17 heteroatoms. The summed E-state index contributed by atoms with van der Waals surface area (Å²) in [6.45, 7) is 22.0.